The second kappa shape index (κ2) is 6.01. The number of rotatable bonds is 3. The Morgan fingerprint density at radius 1 is 1.23 bits per heavy atom. The third kappa shape index (κ3) is 4.08. The molecule has 0 unspecified atom stereocenters. The number of nitrogens with one attached hydrogen (secondary N) is 2. The molecule has 1 fully saturated rings. The largest absolute Gasteiger partial charge is 0.367 e. The summed E-state index contributed by atoms with van der Waals surface area (Å²) in [7, 11) is -1.02. The van der Waals surface area contributed by atoms with Crippen LogP contribution < -0.4 is 10.6 Å². The first kappa shape index (κ1) is 17.0. The van der Waals surface area contributed by atoms with Gasteiger partial charge in [-0.2, -0.15) is 0 Å². The number of carbonyl (C=O) groups excluding carboxylic acids is 1. The molecule has 2 atom stereocenters. The number of carbonyl (C=O) groups is 1. The van der Waals surface area contributed by atoms with Gasteiger partial charge in [0.05, 0.1) is 17.2 Å². The van der Waals surface area contributed by atoms with Crippen molar-refractivity contribution in [3.63, 3.8) is 0 Å². The smallest absolute Gasteiger partial charge is 0.319 e. The van der Waals surface area contributed by atoms with Crippen LogP contribution in [0.1, 0.15) is 34.1 Å². The van der Waals surface area contributed by atoms with E-state index in [4.69, 9.17) is 4.74 Å². The normalized spacial score (nSPS) is 23.8. The summed E-state index contributed by atoms with van der Waals surface area (Å²) in [6.07, 6.45) is 2.39. The zero-order chi connectivity index (χ0) is 16.5. The summed E-state index contributed by atoms with van der Waals surface area (Å²) in [5.41, 5.74) is 0.0284. The summed E-state index contributed by atoms with van der Waals surface area (Å²) < 4.78 is 17.3. The van der Waals surface area contributed by atoms with Crippen molar-refractivity contribution in [2.75, 3.05) is 11.6 Å². The second-order valence-corrected chi connectivity index (χ2v) is 8.18. The average Bonchev–Trinajstić information content (AvgIpc) is 2.57. The molecule has 22 heavy (non-hydrogen) atoms. The van der Waals surface area contributed by atoms with E-state index >= 15 is 0 Å². The van der Waals surface area contributed by atoms with Gasteiger partial charge in [-0.05, 0) is 58.4 Å². The van der Waals surface area contributed by atoms with E-state index in [1.165, 1.54) is 0 Å². The number of hydrogen-bond donors (Lipinski definition) is 2. The number of benzene rings is 1. The van der Waals surface area contributed by atoms with Crippen LogP contribution in [0.3, 0.4) is 0 Å². The lowest BCUT2D eigenvalue weighted by atomic mass is 9.95. The Morgan fingerprint density at radius 2 is 1.82 bits per heavy atom. The fraction of sp³-hybridized carbons (Fsp3) is 0.562. The molecule has 6 heteroatoms. The standard InChI is InChI=1S/C16H24N2O3S/c1-15(2)10-13(16(3,4)21-15)18-14(19)17-11-6-8-12(9-7-11)22(5)20/h6-9,13H,10H2,1-5H3,(H2,17,18,19)/t13-,22+/m0/s1. The van der Waals surface area contributed by atoms with Crippen molar-refractivity contribution >= 4 is 22.5 Å². The Morgan fingerprint density at radius 3 is 2.27 bits per heavy atom. The molecule has 1 aliphatic heterocycles. The minimum absolute atomic E-state index is 0.0510. The molecule has 1 aromatic rings. The monoisotopic (exact) mass is 324 g/mol. The molecule has 0 radical (unpaired) electrons. The van der Waals surface area contributed by atoms with Crippen molar-refractivity contribution in [1.29, 1.82) is 0 Å². The molecule has 5 nitrogen and oxygen atoms in total. The molecule has 1 aliphatic rings. The Balaban J connectivity index is 1.97. The first-order valence-electron chi connectivity index (χ1n) is 7.30. The zero-order valence-electron chi connectivity index (χ0n) is 13.7. The van der Waals surface area contributed by atoms with E-state index in [1.807, 2.05) is 27.7 Å². The lowest BCUT2D eigenvalue weighted by Gasteiger charge is -2.27. The third-order valence-electron chi connectivity index (χ3n) is 3.82. The highest BCUT2D eigenvalue weighted by Crippen LogP contribution is 2.37. The van der Waals surface area contributed by atoms with Crippen molar-refractivity contribution in [3.05, 3.63) is 24.3 Å². The van der Waals surface area contributed by atoms with Gasteiger partial charge in [0.1, 0.15) is 0 Å². The molecular formula is C16H24N2O3S. The van der Waals surface area contributed by atoms with E-state index in [0.29, 0.717) is 5.69 Å². The molecule has 0 saturated carbocycles. The summed E-state index contributed by atoms with van der Waals surface area (Å²) in [5, 5.41) is 5.77. The molecule has 2 rings (SSSR count). The topological polar surface area (TPSA) is 67.4 Å². The summed E-state index contributed by atoms with van der Waals surface area (Å²) in [5.74, 6) is 0. The predicted octanol–water partition coefficient (Wildman–Crippen LogP) is 2.89. The number of urea groups is 1. The van der Waals surface area contributed by atoms with Crippen LogP contribution in [0.15, 0.2) is 29.2 Å². The molecule has 2 amide bonds. The van der Waals surface area contributed by atoms with Gasteiger partial charge >= 0.3 is 6.03 Å². The molecule has 0 aromatic heterocycles. The minimum Gasteiger partial charge on any atom is -0.367 e. The van der Waals surface area contributed by atoms with Crippen LogP contribution in [-0.2, 0) is 15.5 Å². The van der Waals surface area contributed by atoms with E-state index in [2.05, 4.69) is 10.6 Å². The molecule has 1 heterocycles. The van der Waals surface area contributed by atoms with Gasteiger partial charge in [0.2, 0.25) is 0 Å². The molecule has 0 aliphatic carbocycles. The SMILES string of the molecule is C[S@@](=O)c1ccc(NC(=O)N[C@H]2CC(C)(C)OC2(C)C)cc1. The maximum absolute atomic E-state index is 12.1. The molecule has 0 spiro atoms. The average molecular weight is 324 g/mol. The van der Waals surface area contributed by atoms with Crippen molar-refractivity contribution in [2.45, 2.75) is 56.3 Å². The van der Waals surface area contributed by atoms with Gasteiger partial charge in [0.25, 0.3) is 0 Å². The van der Waals surface area contributed by atoms with Crippen molar-refractivity contribution in [2.24, 2.45) is 0 Å². The van der Waals surface area contributed by atoms with Gasteiger partial charge in [-0.15, -0.1) is 0 Å². The van der Waals surface area contributed by atoms with Crippen molar-refractivity contribution in [3.8, 4) is 0 Å². The molecule has 2 N–H and O–H groups in total. The van der Waals surface area contributed by atoms with E-state index in [0.717, 1.165) is 11.3 Å². The van der Waals surface area contributed by atoms with Gasteiger partial charge in [-0.3, -0.25) is 4.21 Å². The highest BCUT2D eigenvalue weighted by molar-refractivity contribution is 7.84. The minimum atomic E-state index is -1.02. The molecular weight excluding hydrogens is 300 g/mol. The molecule has 0 bridgehead atoms. The first-order valence-corrected chi connectivity index (χ1v) is 8.86. The first-order chi connectivity index (χ1) is 10.1. The highest BCUT2D eigenvalue weighted by atomic mass is 32.2. The van der Waals surface area contributed by atoms with Crippen LogP contribution in [0.5, 0.6) is 0 Å². The van der Waals surface area contributed by atoms with E-state index in [-0.39, 0.29) is 17.7 Å². The van der Waals surface area contributed by atoms with Gasteiger partial charge in [0, 0.05) is 27.6 Å². The zero-order valence-corrected chi connectivity index (χ0v) is 14.5. The van der Waals surface area contributed by atoms with Gasteiger partial charge in [0.15, 0.2) is 0 Å². The number of anilines is 1. The molecule has 1 saturated heterocycles. The summed E-state index contributed by atoms with van der Waals surface area (Å²) >= 11 is 0. The fourth-order valence-corrected chi connectivity index (χ4v) is 3.36. The lowest BCUT2D eigenvalue weighted by molar-refractivity contribution is -0.0689. The number of ether oxygens (including phenoxy) is 1. The third-order valence-corrected chi connectivity index (χ3v) is 4.76. The summed E-state index contributed by atoms with van der Waals surface area (Å²) in [6, 6.07) is 6.68. The summed E-state index contributed by atoms with van der Waals surface area (Å²) in [4.78, 5) is 12.9. The van der Waals surface area contributed by atoms with E-state index in [1.54, 1.807) is 30.5 Å². The summed E-state index contributed by atoms with van der Waals surface area (Å²) in [6.45, 7) is 8.02. The van der Waals surface area contributed by atoms with Crippen LogP contribution in [0.25, 0.3) is 0 Å². The van der Waals surface area contributed by atoms with Crippen LogP contribution in [0, 0.1) is 0 Å². The quantitative estimate of drug-likeness (QED) is 0.898. The van der Waals surface area contributed by atoms with E-state index in [9.17, 15) is 9.00 Å². The Bertz CT molecular complexity index is 582. The fourth-order valence-electron chi connectivity index (χ4n) is 2.84. The Labute approximate surface area is 134 Å². The van der Waals surface area contributed by atoms with Crippen molar-refractivity contribution < 1.29 is 13.7 Å². The van der Waals surface area contributed by atoms with Gasteiger partial charge in [-0.25, -0.2) is 4.79 Å². The molecule has 1 aromatic carbocycles. The Kier molecular flexibility index (Phi) is 4.63. The van der Waals surface area contributed by atoms with Crippen LogP contribution in [-0.4, -0.2) is 33.7 Å². The maximum atomic E-state index is 12.1. The van der Waals surface area contributed by atoms with Crippen LogP contribution >= 0.6 is 0 Å². The van der Waals surface area contributed by atoms with Gasteiger partial charge in [-0.1, -0.05) is 0 Å². The number of hydrogen-bond acceptors (Lipinski definition) is 3. The lowest BCUT2D eigenvalue weighted by Crippen LogP contribution is -2.47. The predicted molar refractivity (Wildman–Crippen MR) is 88.6 cm³/mol. The van der Waals surface area contributed by atoms with Crippen LogP contribution in [0.2, 0.25) is 0 Å². The molecule has 122 valence electrons. The van der Waals surface area contributed by atoms with Gasteiger partial charge < -0.3 is 15.4 Å². The number of amides is 2. The van der Waals surface area contributed by atoms with Crippen LogP contribution in [0.4, 0.5) is 10.5 Å². The maximum Gasteiger partial charge on any atom is 0.319 e. The highest BCUT2D eigenvalue weighted by Gasteiger charge is 2.46. The second-order valence-electron chi connectivity index (χ2n) is 6.80. The Hall–Kier alpha value is -1.40. The van der Waals surface area contributed by atoms with E-state index < -0.39 is 16.4 Å². The van der Waals surface area contributed by atoms with Crippen molar-refractivity contribution in [1.82, 2.24) is 5.32 Å².